The molecule has 0 radical (unpaired) electrons. The third-order valence-corrected chi connectivity index (χ3v) is 5.28. The molecule has 0 aromatic rings. The molecule has 0 saturated carbocycles. The molecule has 0 aromatic carbocycles. The summed E-state index contributed by atoms with van der Waals surface area (Å²) in [5.74, 6) is -0.00537. The summed E-state index contributed by atoms with van der Waals surface area (Å²) in [6.07, 6.45) is 20.2. The van der Waals surface area contributed by atoms with Crippen LogP contribution in [0.25, 0.3) is 0 Å². The molecule has 0 N–H and O–H groups in total. The molecule has 2 nitrogen and oxygen atoms in total. The fourth-order valence-corrected chi connectivity index (χ4v) is 3.47. The molecule has 0 aliphatic carbocycles. The van der Waals surface area contributed by atoms with Gasteiger partial charge in [-0.15, -0.1) is 0 Å². The van der Waals surface area contributed by atoms with Gasteiger partial charge in [-0.05, 0) is 37.5 Å². The standard InChI is InChI=1S/C24H46O2/c1-6-8-9-10-11-14-17-21-26-23(25)22(3)18-15-12-13-16-20-24(4,5)19-7-2/h14,17,22H,6-13,15-16,18-21H2,1-5H3/b17-14-. The largest absolute Gasteiger partial charge is 0.461 e. The van der Waals surface area contributed by atoms with Crippen LogP contribution in [0.15, 0.2) is 12.2 Å². The van der Waals surface area contributed by atoms with Gasteiger partial charge in [-0.3, -0.25) is 4.79 Å². The zero-order valence-corrected chi connectivity index (χ0v) is 18.4. The van der Waals surface area contributed by atoms with E-state index in [1.165, 1.54) is 64.2 Å². The molecule has 0 rings (SSSR count). The maximum Gasteiger partial charge on any atom is 0.308 e. The summed E-state index contributed by atoms with van der Waals surface area (Å²) in [5, 5.41) is 0. The summed E-state index contributed by atoms with van der Waals surface area (Å²) >= 11 is 0. The third-order valence-electron chi connectivity index (χ3n) is 5.28. The molecule has 2 heteroatoms. The van der Waals surface area contributed by atoms with Gasteiger partial charge in [0, 0.05) is 0 Å². The highest BCUT2D eigenvalue weighted by atomic mass is 16.5. The van der Waals surface area contributed by atoms with E-state index in [1.54, 1.807) is 0 Å². The Hall–Kier alpha value is -0.790. The predicted octanol–water partition coefficient (Wildman–Crippen LogP) is 7.86. The lowest BCUT2D eigenvalue weighted by Crippen LogP contribution is -2.15. The van der Waals surface area contributed by atoms with Gasteiger partial charge in [0.1, 0.15) is 6.61 Å². The predicted molar refractivity (Wildman–Crippen MR) is 114 cm³/mol. The highest BCUT2D eigenvalue weighted by Gasteiger charge is 2.16. The molecule has 0 saturated heterocycles. The van der Waals surface area contributed by atoms with E-state index in [0.29, 0.717) is 12.0 Å². The van der Waals surface area contributed by atoms with Crippen LogP contribution in [0.1, 0.15) is 118 Å². The van der Waals surface area contributed by atoms with Crippen LogP contribution in [-0.2, 0) is 9.53 Å². The van der Waals surface area contributed by atoms with Crippen LogP contribution in [0.5, 0.6) is 0 Å². The summed E-state index contributed by atoms with van der Waals surface area (Å²) in [5.41, 5.74) is 0.495. The van der Waals surface area contributed by atoms with E-state index in [-0.39, 0.29) is 11.9 Å². The van der Waals surface area contributed by atoms with Gasteiger partial charge in [0.15, 0.2) is 0 Å². The van der Waals surface area contributed by atoms with E-state index in [4.69, 9.17) is 4.74 Å². The van der Waals surface area contributed by atoms with Crippen molar-refractivity contribution in [1.82, 2.24) is 0 Å². The molecular formula is C24H46O2. The Kier molecular flexibility index (Phi) is 15.9. The van der Waals surface area contributed by atoms with Gasteiger partial charge in [0.05, 0.1) is 5.92 Å². The number of carbonyl (C=O) groups is 1. The minimum Gasteiger partial charge on any atom is -0.461 e. The lowest BCUT2D eigenvalue weighted by atomic mass is 9.82. The van der Waals surface area contributed by atoms with E-state index >= 15 is 0 Å². The zero-order chi connectivity index (χ0) is 19.7. The molecule has 0 aromatic heterocycles. The smallest absolute Gasteiger partial charge is 0.308 e. The molecule has 0 amide bonds. The van der Waals surface area contributed by atoms with Crippen molar-refractivity contribution < 1.29 is 9.53 Å². The van der Waals surface area contributed by atoms with Crippen molar-refractivity contribution >= 4 is 5.97 Å². The molecule has 154 valence electrons. The molecule has 1 unspecified atom stereocenters. The monoisotopic (exact) mass is 366 g/mol. The van der Waals surface area contributed by atoms with E-state index < -0.39 is 0 Å². The Labute approximate surface area is 164 Å². The Balaban J connectivity index is 3.60. The summed E-state index contributed by atoms with van der Waals surface area (Å²) in [7, 11) is 0. The van der Waals surface area contributed by atoms with Crippen LogP contribution in [0, 0.1) is 11.3 Å². The van der Waals surface area contributed by atoms with Crippen molar-refractivity contribution in [1.29, 1.82) is 0 Å². The molecule has 26 heavy (non-hydrogen) atoms. The second kappa shape index (κ2) is 16.4. The first kappa shape index (κ1) is 25.2. The van der Waals surface area contributed by atoms with Crippen molar-refractivity contribution in [3.63, 3.8) is 0 Å². The quantitative estimate of drug-likeness (QED) is 0.149. The SMILES string of the molecule is CCCCCC/C=C\COC(=O)C(C)CCCCCCC(C)(C)CCC. The molecule has 0 bridgehead atoms. The van der Waals surface area contributed by atoms with Gasteiger partial charge in [-0.25, -0.2) is 0 Å². The maximum atomic E-state index is 12.0. The summed E-state index contributed by atoms with van der Waals surface area (Å²) in [4.78, 5) is 12.0. The lowest BCUT2D eigenvalue weighted by molar-refractivity contribution is -0.146. The lowest BCUT2D eigenvalue weighted by Gasteiger charge is -2.23. The van der Waals surface area contributed by atoms with Crippen LogP contribution in [0.4, 0.5) is 0 Å². The minimum absolute atomic E-state index is 0.0319. The Morgan fingerprint density at radius 2 is 1.58 bits per heavy atom. The zero-order valence-electron chi connectivity index (χ0n) is 18.4. The van der Waals surface area contributed by atoms with Crippen LogP contribution in [0.3, 0.4) is 0 Å². The first-order valence-corrected chi connectivity index (χ1v) is 11.2. The van der Waals surface area contributed by atoms with E-state index in [0.717, 1.165) is 19.3 Å². The molecule has 1 atom stereocenters. The summed E-state index contributed by atoms with van der Waals surface area (Å²) in [6.45, 7) is 11.7. The number of allylic oxidation sites excluding steroid dienone is 1. The average molecular weight is 367 g/mol. The maximum absolute atomic E-state index is 12.0. The number of rotatable bonds is 17. The molecule has 0 aliphatic heterocycles. The first-order valence-electron chi connectivity index (χ1n) is 11.2. The Morgan fingerprint density at radius 1 is 0.885 bits per heavy atom. The Morgan fingerprint density at radius 3 is 2.27 bits per heavy atom. The first-order chi connectivity index (χ1) is 12.4. The molecule has 0 aliphatic rings. The van der Waals surface area contributed by atoms with E-state index in [9.17, 15) is 4.79 Å². The highest BCUT2D eigenvalue weighted by Crippen LogP contribution is 2.29. The fourth-order valence-electron chi connectivity index (χ4n) is 3.47. The van der Waals surface area contributed by atoms with Crippen LogP contribution >= 0.6 is 0 Å². The third kappa shape index (κ3) is 15.5. The van der Waals surface area contributed by atoms with Crippen molar-refractivity contribution in [3.8, 4) is 0 Å². The van der Waals surface area contributed by atoms with Gasteiger partial charge >= 0.3 is 5.97 Å². The van der Waals surface area contributed by atoms with Crippen molar-refractivity contribution in [2.45, 2.75) is 118 Å². The second-order valence-electron chi connectivity index (χ2n) is 8.72. The molecule has 0 fully saturated rings. The van der Waals surface area contributed by atoms with Gasteiger partial charge < -0.3 is 4.74 Å². The van der Waals surface area contributed by atoms with E-state index in [1.807, 2.05) is 13.0 Å². The second-order valence-corrected chi connectivity index (χ2v) is 8.72. The number of hydrogen-bond donors (Lipinski definition) is 0. The van der Waals surface area contributed by atoms with Gasteiger partial charge in [0.25, 0.3) is 0 Å². The number of unbranched alkanes of at least 4 members (excludes halogenated alkanes) is 7. The van der Waals surface area contributed by atoms with Crippen LogP contribution in [0.2, 0.25) is 0 Å². The molecule has 0 heterocycles. The van der Waals surface area contributed by atoms with E-state index in [2.05, 4.69) is 33.8 Å². The number of esters is 1. The van der Waals surface area contributed by atoms with Gasteiger partial charge in [0.2, 0.25) is 0 Å². The fraction of sp³-hybridized carbons (Fsp3) is 0.875. The number of hydrogen-bond acceptors (Lipinski definition) is 2. The van der Waals surface area contributed by atoms with Gasteiger partial charge in [-0.2, -0.15) is 0 Å². The normalized spacial score (nSPS) is 13.3. The number of ether oxygens (including phenoxy) is 1. The van der Waals surface area contributed by atoms with Crippen molar-refractivity contribution in [2.75, 3.05) is 6.61 Å². The Bertz CT molecular complexity index is 357. The molecule has 0 spiro atoms. The number of carbonyl (C=O) groups excluding carboxylic acids is 1. The topological polar surface area (TPSA) is 26.3 Å². The summed E-state index contributed by atoms with van der Waals surface area (Å²) in [6, 6.07) is 0. The summed E-state index contributed by atoms with van der Waals surface area (Å²) < 4.78 is 5.36. The van der Waals surface area contributed by atoms with Crippen LogP contribution < -0.4 is 0 Å². The van der Waals surface area contributed by atoms with Crippen LogP contribution in [-0.4, -0.2) is 12.6 Å². The van der Waals surface area contributed by atoms with Crippen molar-refractivity contribution in [3.05, 3.63) is 12.2 Å². The van der Waals surface area contributed by atoms with Crippen molar-refractivity contribution in [2.24, 2.45) is 11.3 Å². The highest BCUT2D eigenvalue weighted by molar-refractivity contribution is 5.71. The molecular weight excluding hydrogens is 320 g/mol. The minimum atomic E-state index is -0.0373. The average Bonchev–Trinajstić information content (AvgIpc) is 2.59. The van der Waals surface area contributed by atoms with Gasteiger partial charge in [-0.1, -0.05) is 98.1 Å².